The number of hydrogen-bond donors (Lipinski definition) is 2. The van der Waals surface area contributed by atoms with E-state index in [1.54, 1.807) is 0 Å². The summed E-state index contributed by atoms with van der Waals surface area (Å²) in [6.07, 6.45) is -2.44. The van der Waals surface area contributed by atoms with Crippen molar-refractivity contribution in [1.82, 2.24) is 5.43 Å². The Morgan fingerprint density at radius 3 is 2.39 bits per heavy atom. The zero-order chi connectivity index (χ0) is 17.4. The van der Waals surface area contributed by atoms with Crippen LogP contribution in [0.15, 0.2) is 35.9 Å². The monoisotopic (exact) mass is 326 g/mol. The summed E-state index contributed by atoms with van der Waals surface area (Å²) in [5, 5.41) is 0. The fourth-order valence-corrected chi connectivity index (χ4v) is 2.89. The van der Waals surface area contributed by atoms with Crippen LogP contribution in [0.1, 0.15) is 33.3 Å². The van der Waals surface area contributed by atoms with Crippen LogP contribution in [0.25, 0.3) is 0 Å². The fraction of sp³-hybridized carbons (Fsp3) is 0.471. The Balaban J connectivity index is 2.06. The molecule has 1 fully saturated rings. The van der Waals surface area contributed by atoms with Crippen molar-refractivity contribution in [3.8, 4) is 0 Å². The van der Waals surface area contributed by atoms with Gasteiger partial charge in [0.05, 0.1) is 17.2 Å². The molecule has 0 saturated heterocycles. The Morgan fingerprint density at radius 2 is 1.83 bits per heavy atom. The van der Waals surface area contributed by atoms with Gasteiger partial charge in [0.15, 0.2) is 0 Å². The maximum atomic E-state index is 12.9. The van der Waals surface area contributed by atoms with Crippen LogP contribution >= 0.6 is 0 Å². The van der Waals surface area contributed by atoms with Gasteiger partial charge in [0.25, 0.3) is 0 Å². The standard InChI is InChI=1S/C17H21F3N2O/c1-10(2)9-12-14(16(12,3)4)15(23)22-21-13-8-6-5-7-11(13)17(18,19)20/h5-9,12,14,21H,1-4H3,(H,22,23). The normalized spacial score (nSPS) is 22.2. The van der Waals surface area contributed by atoms with E-state index in [9.17, 15) is 18.0 Å². The topological polar surface area (TPSA) is 41.1 Å². The van der Waals surface area contributed by atoms with Crippen LogP contribution < -0.4 is 10.9 Å². The zero-order valence-electron chi connectivity index (χ0n) is 13.6. The van der Waals surface area contributed by atoms with Gasteiger partial charge in [-0.05, 0) is 37.3 Å². The summed E-state index contributed by atoms with van der Waals surface area (Å²) in [5.74, 6) is -0.440. The van der Waals surface area contributed by atoms with E-state index in [0.717, 1.165) is 11.6 Å². The largest absolute Gasteiger partial charge is 0.418 e. The maximum absolute atomic E-state index is 12.9. The number of carbonyl (C=O) groups excluding carboxylic acids is 1. The van der Waals surface area contributed by atoms with Gasteiger partial charge in [-0.15, -0.1) is 0 Å². The molecule has 1 saturated carbocycles. The lowest BCUT2D eigenvalue weighted by Crippen LogP contribution is -2.33. The number of halogens is 3. The fourth-order valence-electron chi connectivity index (χ4n) is 2.89. The van der Waals surface area contributed by atoms with Crippen molar-refractivity contribution in [3.63, 3.8) is 0 Å². The van der Waals surface area contributed by atoms with Crippen LogP contribution in [0.5, 0.6) is 0 Å². The van der Waals surface area contributed by atoms with Crippen LogP contribution in [-0.4, -0.2) is 5.91 Å². The van der Waals surface area contributed by atoms with Crippen LogP contribution in [0.3, 0.4) is 0 Å². The molecule has 3 nitrogen and oxygen atoms in total. The molecule has 1 amide bonds. The number of allylic oxidation sites excluding steroid dienone is 2. The van der Waals surface area contributed by atoms with E-state index in [1.807, 2.05) is 33.8 Å². The number of rotatable bonds is 4. The van der Waals surface area contributed by atoms with Crippen LogP contribution in [0, 0.1) is 17.3 Å². The number of amides is 1. The smallest absolute Gasteiger partial charge is 0.298 e. The van der Waals surface area contributed by atoms with Crippen molar-refractivity contribution in [2.24, 2.45) is 17.3 Å². The number of alkyl halides is 3. The van der Waals surface area contributed by atoms with Gasteiger partial charge >= 0.3 is 6.18 Å². The number of hydrazine groups is 1. The number of para-hydroxylation sites is 1. The van der Waals surface area contributed by atoms with Gasteiger partial charge in [0.2, 0.25) is 5.91 Å². The molecule has 2 unspecified atom stereocenters. The molecule has 1 aliphatic carbocycles. The van der Waals surface area contributed by atoms with E-state index >= 15 is 0 Å². The van der Waals surface area contributed by atoms with Crippen molar-refractivity contribution in [1.29, 1.82) is 0 Å². The molecule has 23 heavy (non-hydrogen) atoms. The average molecular weight is 326 g/mol. The molecular formula is C17H21F3N2O. The van der Waals surface area contributed by atoms with E-state index in [-0.39, 0.29) is 28.8 Å². The highest BCUT2D eigenvalue weighted by molar-refractivity contribution is 5.84. The predicted octanol–water partition coefficient (Wildman–Crippen LogP) is 4.39. The molecular weight excluding hydrogens is 305 g/mol. The van der Waals surface area contributed by atoms with Gasteiger partial charge < -0.3 is 0 Å². The van der Waals surface area contributed by atoms with E-state index in [0.29, 0.717) is 0 Å². The summed E-state index contributed by atoms with van der Waals surface area (Å²) >= 11 is 0. The van der Waals surface area contributed by atoms with E-state index in [4.69, 9.17) is 0 Å². The van der Waals surface area contributed by atoms with E-state index in [1.165, 1.54) is 18.2 Å². The van der Waals surface area contributed by atoms with Crippen molar-refractivity contribution in [2.75, 3.05) is 5.43 Å². The number of benzene rings is 1. The first kappa shape index (κ1) is 17.4. The Labute approximate surface area is 133 Å². The number of carbonyl (C=O) groups is 1. The first-order chi connectivity index (χ1) is 10.5. The summed E-state index contributed by atoms with van der Waals surface area (Å²) < 4.78 is 38.7. The Kier molecular flexibility index (Phi) is 4.46. The highest BCUT2D eigenvalue weighted by Gasteiger charge is 2.60. The second-order valence-electron chi connectivity index (χ2n) is 6.73. The van der Waals surface area contributed by atoms with Crippen molar-refractivity contribution >= 4 is 11.6 Å². The van der Waals surface area contributed by atoms with Crippen molar-refractivity contribution in [3.05, 3.63) is 41.5 Å². The van der Waals surface area contributed by atoms with Crippen LogP contribution in [0.2, 0.25) is 0 Å². The summed E-state index contributed by atoms with van der Waals surface area (Å²) in [6, 6.07) is 5.05. The Bertz CT molecular complexity index is 631. The van der Waals surface area contributed by atoms with E-state index in [2.05, 4.69) is 10.9 Å². The van der Waals surface area contributed by atoms with Crippen molar-refractivity contribution < 1.29 is 18.0 Å². The molecule has 0 aromatic heterocycles. The molecule has 0 radical (unpaired) electrons. The van der Waals surface area contributed by atoms with E-state index < -0.39 is 11.7 Å². The lowest BCUT2D eigenvalue weighted by atomic mass is 10.1. The molecule has 1 aliphatic rings. The molecule has 0 spiro atoms. The molecule has 6 heteroatoms. The predicted molar refractivity (Wildman–Crippen MR) is 83.4 cm³/mol. The second kappa shape index (κ2) is 5.91. The molecule has 1 aromatic carbocycles. The maximum Gasteiger partial charge on any atom is 0.418 e. The summed E-state index contributed by atoms with van der Waals surface area (Å²) in [7, 11) is 0. The van der Waals surface area contributed by atoms with Crippen molar-refractivity contribution in [2.45, 2.75) is 33.9 Å². The first-order valence-corrected chi connectivity index (χ1v) is 7.42. The number of hydrogen-bond acceptors (Lipinski definition) is 2. The molecule has 2 N–H and O–H groups in total. The zero-order valence-corrected chi connectivity index (χ0v) is 13.6. The minimum Gasteiger partial charge on any atom is -0.298 e. The van der Waals surface area contributed by atoms with Gasteiger partial charge in [-0.25, -0.2) is 0 Å². The number of anilines is 1. The summed E-state index contributed by atoms with van der Waals surface area (Å²) in [5.41, 5.74) is 4.79. The van der Waals surface area contributed by atoms with Gasteiger partial charge in [-0.1, -0.05) is 37.6 Å². The SMILES string of the molecule is CC(C)=CC1C(C(=O)NNc2ccccc2C(F)(F)F)C1(C)C. The summed E-state index contributed by atoms with van der Waals surface area (Å²) in [4.78, 5) is 12.3. The second-order valence-corrected chi connectivity index (χ2v) is 6.73. The third kappa shape index (κ3) is 3.68. The summed E-state index contributed by atoms with van der Waals surface area (Å²) in [6.45, 7) is 7.87. The average Bonchev–Trinajstić information content (AvgIpc) is 2.95. The third-order valence-electron chi connectivity index (χ3n) is 4.26. The Morgan fingerprint density at radius 1 is 1.22 bits per heavy atom. The van der Waals surface area contributed by atoms with Crippen LogP contribution in [-0.2, 0) is 11.0 Å². The van der Waals surface area contributed by atoms with Crippen LogP contribution in [0.4, 0.5) is 18.9 Å². The first-order valence-electron chi connectivity index (χ1n) is 7.42. The molecule has 126 valence electrons. The highest BCUT2D eigenvalue weighted by atomic mass is 19.4. The Hall–Kier alpha value is -1.98. The molecule has 2 rings (SSSR count). The van der Waals surface area contributed by atoms with Gasteiger partial charge in [-0.2, -0.15) is 13.2 Å². The van der Waals surface area contributed by atoms with Gasteiger partial charge in [0.1, 0.15) is 0 Å². The quantitative estimate of drug-likeness (QED) is 0.636. The lowest BCUT2D eigenvalue weighted by molar-refractivity contribution is -0.137. The molecule has 2 atom stereocenters. The minimum atomic E-state index is -4.47. The molecule has 1 aromatic rings. The number of nitrogens with one attached hydrogen (secondary N) is 2. The highest BCUT2D eigenvalue weighted by Crippen LogP contribution is 2.59. The molecule has 0 bridgehead atoms. The van der Waals surface area contributed by atoms with Gasteiger partial charge in [0, 0.05) is 0 Å². The molecule has 0 heterocycles. The lowest BCUT2D eigenvalue weighted by Gasteiger charge is -2.15. The van der Waals surface area contributed by atoms with Gasteiger partial charge in [-0.3, -0.25) is 15.6 Å². The third-order valence-corrected chi connectivity index (χ3v) is 4.26. The molecule has 0 aliphatic heterocycles. The minimum absolute atomic E-state index is 0.104.